The monoisotopic (exact) mass is 228 g/mol. The van der Waals surface area contributed by atoms with Crippen molar-refractivity contribution in [2.24, 2.45) is 5.92 Å². The summed E-state index contributed by atoms with van der Waals surface area (Å²) in [5.74, 6) is 0.821. The van der Waals surface area contributed by atoms with Crippen molar-refractivity contribution in [1.29, 1.82) is 0 Å². The van der Waals surface area contributed by atoms with Gasteiger partial charge in [-0.05, 0) is 31.6 Å². The number of nitrogens with one attached hydrogen (secondary N) is 1. The molecule has 16 heavy (non-hydrogen) atoms. The molecule has 0 bridgehead atoms. The van der Waals surface area contributed by atoms with Gasteiger partial charge in [0.15, 0.2) is 0 Å². The lowest BCUT2D eigenvalue weighted by molar-refractivity contribution is 0.156. The average Bonchev–Trinajstić information content (AvgIpc) is 2.29. The zero-order valence-corrected chi connectivity index (χ0v) is 10.7. The van der Waals surface area contributed by atoms with Crippen LogP contribution in [-0.2, 0) is 4.74 Å². The quantitative estimate of drug-likeness (QED) is 0.746. The average molecular weight is 228 g/mol. The number of nitrogens with zero attached hydrogens (tertiary/aromatic N) is 1. The number of urea groups is 1. The number of hydrogen-bond donors (Lipinski definition) is 1. The summed E-state index contributed by atoms with van der Waals surface area (Å²) in [6.45, 7) is 3.44. The molecule has 2 amide bonds. The minimum absolute atomic E-state index is 0.0246. The van der Waals surface area contributed by atoms with Gasteiger partial charge in [0.25, 0.3) is 0 Å². The zero-order valence-electron chi connectivity index (χ0n) is 10.7. The van der Waals surface area contributed by atoms with Crippen LogP contribution in [0.2, 0.25) is 0 Å². The van der Waals surface area contributed by atoms with Crippen LogP contribution in [0, 0.1) is 5.92 Å². The maximum absolute atomic E-state index is 11.8. The van der Waals surface area contributed by atoms with E-state index in [1.165, 1.54) is 12.8 Å². The Labute approximate surface area is 98.3 Å². The molecule has 1 saturated carbocycles. The van der Waals surface area contributed by atoms with Crippen molar-refractivity contribution in [1.82, 2.24) is 10.2 Å². The van der Waals surface area contributed by atoms with Crippen LogP contribution in [0.3, 0.4) is 0 Å². The van der Waals surface area contributed by atoms with E-state index in [-0.39, 0.29) is 6.03 Å². The second-order valence-corrected chi connectivity index (χ2v) is 4.75. The van der Waals surface area contributed by atoms with Crippen LogP contribution in [0.15, 0.2) is 0 Å². The van der Waals surface area contributed by atoms with Crippen molar-refractivity contribution in [3.63, 3.8) is 0 Å². The summed E-state index contributed by atoms with van der Waals surface area (Å²) >= 11 is 0. The van der Waals surface area contributed by atoms with Gasteiger partial charge in [-0.3, -0.25) is 0 Å². The Hall–Kier alpha value is -0.770. The van der Waals surface area contributed by atoms with Gasteiger partial charge in [0.2, 0.25) is 0 Å². The Morgan fingerprint density at radius 2 is 2.00 bits per heavy atom. The Kier molecular flexibility index (Phi) is 5.60. The van der Waals surface area contributed by atoms with Gasteiger partial charge in [0, 0.05) is 26.7 Å². The second-order valence-electron chi connectivity index (χ2n) is 4.75. The topological polar surface area (TPSA) is 41.6 Å². The van der Waals surface area contributed by atoms with Crippen molar-refractivity contribution >= 4 is 6.03 Å². The fourth-order valence-electron chi connectivity index (χ4n) is 2.18. The first kappa shape index (κ1) is 13.3. The fraction of sp³-hybridized carbons (Fsp3) is 0.917. The number of methoxy groups -OCH3 is 1. The van der Waals surface area contributed by atoms with Gasteiger partial charge in [0.1, 0.15) is 0 Å². The molecule has 0 atom stereocenters. The molecule has 0 aromatic heterocycles. The third-order valence-electron chi connectivity index (χ3n) is 3.44. The van der Waals surface area contributed by atoms with Gasteiger partial charge in [-0.1, -0.05) is 6.92 Å². The Morgan fingerprint density at radius 3 is 2.56 bits per heavy atom. The van der Waals surface area contributed by atoms with Crippen LogP contribution in [0.5, 0.6) is 0 Å². The molecule has 94 valence electrons. The van der Waals surface area contributed by atoms with E-state index in [9.17, 15) is 4.79 Å². The van der Waals surface area contributed by atoms with Crippen LogP contribution in [0.1, 0.15) is 32.6 Å². The van der Waals surface area contributed by atoms with E-state index in [4.69, 9.17) is 4.74 Å². The third-order valence-corrected chi connectivity index (χ3v) is 3.44. The molecule has 4 heteroatoms. The van der Waals surface area contributed by atoms with Gasteiger partial charge in [-0.15, -0.1) is 0 Å². The number of hydrogen-bond acceptors (Lipinski definition) is 2. The zero-order chi connectivity index (χ0) is 12.0. The molecule has 1 aliphatic rings. The molecule has 0 aromatic carbocycles. The van der Waals surface area contributed by atoms with Gasteiger partial charge < -0.3 is 15.0 Å². The number of amides is 2. The van der Waals surface area contributed by atoms with Gasteiger partial charge in [0.05, 0.1) is 6.61 Å². The molecule has 0 unspecified atom stereocenters. The van der Waals surface area contributed by atoms with Crippen LogP contribution in [0.4, 0.5) is 4.79 Å². The highest BCUT2D eigenvalue weighted by Gasteiger charge is 2.24. The summed E-state index contributed by atoms with van der Waals surface area (Å²) in [5.41, 5.74) is 0. The first-order chi connectivity index (χ1) is 7.65. The summed E-state index contributed by atoms with van der Waals surface area (Å²) in [7, 11) is 3.53. The van der Waals surface area contributed by atoms with E-state index in [1.807, 2.05) is 11.9 Å². The minimum Gasteiger partial charge on any atom is -0.383 e. The van der Waals surface area contributed by atoms with Crippen LogP contribution in [-0.4, -0.2) is 44.3 Å². The summed E-state index contributed by atoms with van der Waals surface area (Å²) in [5, 5.41) is 2.85. The normalized spacial score (nSPS) is 25.2. The summed E-state index contributed by atoms with van der Waals surface area (Å²) in [6, 6.07) is 0.440. The molecule has 0 saturated heterocycles. The first-order valence-corrected chi connectivity index (χ1v) is 6.14. The predicted molar refractivity (Wildman–Crippen MR) is 64.5 cm³/mol. The standard InChI is InChI=1S/C12H24N2O2/c1-10-4-6-11(7-5-10)14(2)12(15)13-8-9-16-3/h10-11H,4-9H2,1-3H3,(H,13,15). The van der Waals surface area contributed by atoms with E-state index < -0.39 is 0 Å². The van der Waals surface area contributed by atoms with Crippen molar-refractivity contribution in [3.05, 3.63) is 0 Å². The van der Waals surface area contributed by atoms with Crippen molar-refractivity contribution in [2.45, 2.75) is 38.6 Å². The molecule has 0 heterocycles. The lowest BCUT2D eigenvalue weighted by atomic mass is 9.87. The highest BCUT2D eigenvalue weighted by atomic mass is 16.5. The van der Waals surface area contributed by atoms with Crippen LogP contribution in [0.25, 0.3) is 0 Å². The first-order valence-electron chi connectivity index (χ1n) is 6.14. The highest BCUT2D eigenvalue weighted by Crippen LogP contribution is 2.26. The summed E-state index contributed by atoms with van der Waals surface area (Å²) in [4.78, 5) is 13.6. The molecule has 4 nitrogen and oxygen atoms in total. The van der Waals surface area contributed by atoms with Gasteiger partial charge >= 0.3 is 6.03 Å². The van der Waals surface area contributed by atoms with E-state index in [0.29, 0.717) is 19.2 Å². The van der Waals surface area contributed by atoms with Crippen molar-refractivity contribution in [3.8, 4) is 0 Å². The number of carbonyl (C=O) groups is 1. The van der Waals surface area contributed by atoms with Crippen LogP contribution < -0.4 is 5.32 Å². The Morgan fingerprint density at radius 1 is 1.38 bits per heavy atom. The maximum Gasteiger partial charge on any atom is 0.317 e. The molecular formula is C12H24N2O2. The molecule has 1 rings (SSSR count). The second kappa shape index (κ2) is 6.74. The fourth-order valence-corrected chi connectivity index (χ4v) is 2.18. The lowest BCUT2D eigenvalue weighted by Gasteiger charge is -2.33. The third kappa shape index (κ3) is 4.00. The molecule has 1 fully saturated rings. The van der Waals surface area contributed by atoms with E-state index in [1.54, 1.807) is 7.11 Å². The number of ether oxygens (including phenoxy) is 1. The van der Waals surface area contributed by atoms with Gasteiger partial charge in [-0.2, -0.15) is 0 Å². The van der Waals surface area contributed by atoms with E-state index in [0.717, 1.165) is 18.8 Å². The smallest absolute Gasteiger partial charge is 0.317 e. The van der Waals surface area contributed by atoms with Gasteiger partial charge in [-0.25, -0.2) is 4.79 Å². The predicted octanol–water partition coefficient (Wildman–Crippen LogP) is 1.85. The Balaban J connectivity index is 2.27. The molecule has 1 N–H and O–H groups in total. The van der Waals surface area contributed by atoms with Crippen molar-refractivity contribution < 1.29 is 9.53 Å². The molecule has 1 aliphatic carbocycles. The van der Waals surface area contributed by atoms with Crippen LogP contribution >= 0.6 is 0 Å². The largest absolute Gasteiger partial charge is 0.383 e. The summed E-state index contributed by atoms with van der Waals surface area (Å²) < 4.78 is 4.90. The molecular weight excluding hydrogens is 204 g/mol. The number of carbonyl (C=O) groups excluding carboxylic acids is 1. The number of rotatable bonds is 4. The summed E-state index contributed by atoms with van der Waals surface area (Å²) in [6.07, 6.45) is 4.74. The van der Waals surface area contributed by atoms with Crippen molar-refractivity contribution in [2.75, 3.05) is 27.3 Å². The lowest BCUT2D eigenvalue weighted by Crippen LogP contribution is -2.45. The van der Waals surface area contributed by atoms with E-state index >= 15 is 0 Å². The SMILES string of the molecule is COCCNC(=O)N(C)C1CCC(C)CC1. The Bertz CT molecular complexity index is 213. The molecule has 0 radical (unpaired) electrons. The highest BCUT2D eigenvalue weighted by molar-refractivity contribution is 5.74. The minimum atomic E-state index is 0.0246. The molecule has 0 aliphatic heterocycles. The molecule has 0 aromatic rings. The maximum atomic E-state index is 11.8. The van der Waals surface area contributed by atoms with E-state index in [2.05, 4.69) is 12.2 Å². The molecule has 0 spiro atoms.